The summed E-state index contributed by atoms with van der Waals surface area (Å²) in [5, 5.41) is 5.17. The van der Waals surface area contributed by atoms with Gasteiger partial charge in [-0.25, -0.2) is 13.6 Å². The molecule has 0 spiro atoms. The highest BCUT2D eigenvalue weighted by Crippen LogP contribution is 2.28. The zero-order valence-corrected chi connectivity index (χ0v) is 12.9. The van der Waals surface area contributed by atoms with Gasteiger partial charge in [0.05, 0.1) is 4.90 Å². The second kappa shape index (κ2) is 5.75. The van der Waals surface area contributed by atoms with Gasteiger partial charge < -0.3 is 10.6 Å². The molecule has 0 atom stereocenters. The fraction of sp³-hybridized carbons (Fsp3) is 0.200. The number of benzene rings is 2. The lowest BCUT2D eigenvalue weighted by Crippen LogP contribution is -2.15. The minimum Gasteiger partial charge on any atom is -0.399 e. The number of aryl methyl sites for hydroxylation is 1. The molecule has 0 radical (unpaired) electrons. The Balaban J connectivity index is 2.42. The molecule has 0 aliphatic rings. The normalized spacial score (nSPS) is 11.4. The summed E-state index contributed by atoms with van der Waals surface area (Å²) in [7, 11) is -1.93. The molecule has 6 heteroatoms. The number of hydrogen-bond acceptors (Lipinski definition) is 4. The highest BCUT2D eigenvalue weighted by Gasteiger charge is 2.12. The van der Waals surface area contributed by atoms with Gasteiger partial charge in [-0.3, -0.25) is 0 Å². The molecule has 0 unspecified atom stereocenters. The SMILES string of the molecule is CCc1ccc(N(C)c2cc(N)cc(S(N)(=O)=O)c2)cc1. The smallest absolute Gasteiger partial charge is 0.238 e. The van der Waals surface area contributed by atoms with E-state index in [-0.39, 0.29) is 4.90 Å². The average Bonchev–Trinajstić information content (AvgIpc) is 2.45. The van der Waals surface area contributed by atoms with Crippen molar-refractivity contribution >= 4 is 27.1 Å². The van der Waals surface area contributed by atoms with Crippen molar-refractivity contribution in [1.82, 2.24) is 0 Å². The van der Waals surface area contributed by atoms with Crippen LogP contribution in [0.15, 0.2) is 47.4 Å². The van der Waals surface area contributed by atoms with Gasteiger partial charge in [0.15, 0.2) is 0 Å². The van der Waals surface area contributed by atoms with Crippen molar-refractivity contribution in [2.75, 3.05) is 17.7 Å². The third-order valence-corrected chi connectivity index (χ3v) is 4.25. The quantitative estimate of drug-likeness (QED) is 0.848. The summed E-state index contributed by atoms with van der Waals surface area (Å²) in [4.78, 5) is 1.87. The van der Waals surface area contributed by atoms with Crippen LogP contribution in [0.4, 0.5) is 17.1 Å². The van der Waals surface area contributed by atoms with E-state index < -0.39 is 10.0 Å². The minimum atomic E-state index is -3.78. The Morgan fingerprint density at radius 3 is 2.19 bits per heavy atom. The maximum Gasteiger partial charge on any atom is 0.238 e. The number of sulfonamides is 1. The maximum atomic E-state index is 11.5. The third kappa shape index (κ3) is 3.53. The molecule has 112 valence electrons. The van der Waals surface area contributed by atoms with Gasteiger partial charge in [0.2, 0.25) is 10.0 Å². The van der Waals surface area contributed by atoms with Crippen molar-refractivity contribution in [3.05, 3.63) is 48.0 Å². The van der Waals surface area contributed by atoms with Crippen molar-refractivity contribution in [1.29, 1.82) is 0 Å². The molecule has 0 aliphatic carbocycles. The number of hydrogen-bond donors (Lipinski definition) is 2. The summed E-state index contributed by atoms with van der Waals surface area (Å²) < 4.78 is 23.0. The Bertz CT molecular complexity index is 740. The molecule has 2 aromatic rings. The Labute approximate surface area is 125 Å². The first-order valence-electron chi connectivity index (χ1n) is 6.57. The fourth-order valence-corrected chi connectivity index (χ4v) is 2.65. The molecule has 0 aromatic heterocycles. The Kier molecular flexibility index (Phi) is 4.20. The lowest BCUT2D eigenvalue weighted by atomic mass is 10.1. The molecule has 21 heavy (non-hydrogen) atoms. The minimum absolute atomic E-state index is 0.00882. The van der Waals surface area contributed by atoms with Crippen molar-refractivity contribution < 1.29 is 8.42 Å². The molecule has 0 amide bonds. The van der Waals surface area contributed by atoms with Crippen molar-refractivity contribution in [3.63, 3.8) is 0 Å². The van der Waals surface area contributed by atoms with Crippen LogP contribution in [-0.2, 0) is 16.4 Å². The maximum absolute atomic E-state index is 11.5. The molecule has 0 bridgehead atoms. The van der Waals surface area contributed by atoms with Crippen LogP contribution >= 0.6 is 0 Å². The second-order valence-corrected chi connectivity index (χ2v) is 6.45. The van der Waals surface area contributed by atoms with Gasteiger partial charge in [0.1, 0.15) is 0 Å². The number of nitrogens with two attached hydrogens (primary N) is 2. The summed E-state index contributed by atoms with van der Waals surface area (Å²) >= 11 is 0. The van der Waals surface area contributed by atoms with Gasteiger partial charge in [-0.15, -0.1) is 0 Å². The van der Waals surface area contributed by atoms with Gasteiger partial charge in [-0.2, -0.15) is 0 Å². The summed E-state index contributed by atoms with van der Waals surface area (Å²) in [5.74, 6) is 0. The first-order chi connectivity index (χ1) is 9.81. The third-order valence-electron chi connectivity index (χ3n) is 3.36. The van der Waals surface area contributed by atoms with Crippen LogP contribution in [0.5, 0.6) is 0 Å². The molecule has 0 fully saturated rings. The van der Waals surface area contributed by atoms with Gasteiger partial charge in [0, 0.05) is 24.1 Å². The monoisotopic (exact) mass is 305 g/mol. The molecule has 2 aromatic carbocycles. The second-order valence-electron chi connectivity index (χ2n) is 4.88. The van der Waals surface area contributed by atoms with Crippen molar-refractivity contribution in [3.8, 4) is 0 Å². The zero-order valence-electron chi connectivity index (χ0n) is 12.1. The Hall–Kier alpha value is -2.05. The van der Waals surface area contributed by atoms with Crippen LogP contribution in [0.3, 0.4) is 0 Å². The van der Waals surface area contributed by atoms with Crippen molar-refractivity contribution in [2.45, 2.75) is 18.2 Å². The summed E-state index contributed by atoms with van der Waals surface area (Å²) in [6, 6.07) is 12.6. The topological polar surface area (TPSA) is 89.4 Å². The van der Waals surface area contributed by atoms with Gasteiger partial charge in [-0.1, -0.05) is 19.1 Å². The lowest BCUT2D eigenvalue weighted by Gasteiger charge is -2.21. The van der Waals surface area contributed by atoms with Crippen LogP contribution in [0.2, 0.25) is 0 Å². The van der Waals surface area contributed by atoms with E-state index in [2.05, 4.69) is 6.92 Å². The summed E-state index contributed by atoms with van der Waals surface area (Å²) in [6.45, 7) is 2.09. The van der Waals surface area contributed by atoms with E-state index in [9.17, 15) is 8.42 Å². The van der Waals surface area contributed by atoms with Crippen molar-refractivity contribution in [2.24, 2.45) is 5.14 Å². The van der Waals surface area contributed by atoms with Crippen LogP contribution in [0.1, 0.15) is 12.5 Å². The van der Waals surface area contributed by atoms with Crippen LogP contribution in [-0.4, -0.2) is 15.5 Å². The highest BCUT2D eigenvalue weighted by atomic mass is 32.2. The lowest BCUT2D eigenvalue weighted by molar-refractivity contribution is 0.598. The molecule has 2 rings (SSSR count). The van der Waals surface area contributed by atoms with E-state index in [1.807, 2.05) is 36.2 Å². The molecular weight excluding hydrogens is 286 g/mol. The molecule has 0 aliphatic heterocycles. The number of primary sulfonamides is 1. The molecule has 0 saturated carbocycles. The van der Waals surface area contributed by atoms with Crippen LogP contribution < -0.4 is 15.8 Å². The number of rotatable bonds is 4. The summed E-state index contributed by atoms with van der Waals surface area (Å²) in [5.41, 5.74) is 8.98. The first-order valence-corrected chi connectivity index (χ1v) is 8.12. The van der Waals surface area contributed by atoms with E-state index in [0.717, 1.165) is 12.1 Å². The highest BCUT2D eigenvalue weighted by molar-refractivity contribution is 7.89. The van der Waals surface area contributed by atoms with E-state index in [0.29, 0.717) is 11.4 Å². The number of nitrogens with zero attached hydrogens (tertiary/aromatic N) is 1. The van der Waals surface area contributed by atoms with Gasteiger partial charge in [0.25, 0.3) is 0 Å². The average molecular weight is 305 g/mol. The van der Waals surface area contributed by atoms with Crippen LogP contribution in [0.25, 0.3) is 0 Å². The molecule has 0 heterocycles. The molecule has 5 nitrogen and oxygen atoms in total. The Morgan fingerprint density at radius 2 is 1.67 bits per heavy atom. The zero-order chi connectivity index (χ0) is 15.6. The summed E-state index contributed by atoms with van der Waals surface area (Å²) in [6.07, 6.45) is 0.970. The van der Waals surface area contributed by atoms with E-state index >= 15 is 0 Å². The largest absolute Gasteiger partial charge is 0.399 e. The fourth-order valence-electron chi connectivity index (χ4n) is 2.07. The van der Waals surface area contributed by atoms with E-state index in [4.69, 9.17) is 10.9 Å². The predicted octanol–water partition coefficient (Wildman–Crippen LogP) is 2.25. The van der Waals surface area contributed by atoms with E-state index in [1.165, 1.54) is 17.7 Å². The predicted molar refractivity (Wildman–Crippen MR) is 86.1 cm³/mol. The molecular formula is C15H19N3O2S. The first kappa shape index (κ1) is 15.3. The van der Waals surface area contributed by atoms with Crippen LogP contribution in [0, 0.1) is 0 Å². The number of nitrogen functional groups attached to an aromatic ring is 1. The molecule has 4 N–H and O–H groups in total. The molecule has 0 saturated heterocycles. The van der Waals surface area contributed by atoms with Gasteiger partial charge >= 0.3 is 0 Å². The van der Waals surface area contributed by atoms with Gasteiger partial charge in [-0.05, 0) is 42.3 Å². The standard InChI is InChI=1S/C15H19N3O2S/c1-3-11-4-6-13(7-5-11)18(2)14-8-12(16)9-15(10-14)21(17,19)20/h4-10H,3,16H2,1-2H3,(H2,17,19,20). The Morgan fingerprint density at radius 1 is 1.05 bits per heavy atom. The number of anilines is 3. The van der Waals surface area contributed by atoms with E-state index in [1.54, 1.807) is 6.07 Å².